The molecule has 0 fully saturated rings. The molecule has 0 aliphatic heterocycles. The molecule has 1 rings (SSSR count). The lowest BCUT2D eigenvalue weighted by Crippen LogP contribution is -2.26. The number of carbonyl (C=O) groups is 1. The first kappa shape index (κ1) is 14.5. The molecule has 3 N–H and O–H groups in total. The first-order chi connectivity index (χ1) is 8.54. The number of methoxy groups -OCH3 is 1. The highest BCUT2D eigenvalue weighted by Gasteiger charge is 2.10. The van der Waals surface area contributed by atoms with Gasteiger partial charge in [-0.2, -0.15) is 0 Å². The molecule has 1 aromatic rings. The van der Waals surface area contributed by atoms with E-state index in [4.69, 9.17) is 10.5 Å². The standard InChI is InChI=1S/C12H18N2O3S/c1-17-9-4-5-11(13)10(8-9)12(15)14-6-3-7-18(2)16/h4-5,8H,3,6-7,13H2,1-2H3,(H,14,15). The number of benzene rings is 1. The minimum Gasteiger partial charge on any atom is -0.497 e. The van der Waals surface area contributed by atoms with Crippen molar-refractivity contribution in [3.63, 3.8) is 0 Å². The summed E-state index contributed by atoms with van der Waals surface area (Å²) in [7, 11) is 0.701. The number of carbonyl (C=O) groups excluding carboxylic acids is 1. The molecule has 0 saturated carbocycles. The molecule has 0 aliphatic rings. The highest BCUT2D eigenvalue weighted by molar-refractivity contribution is 7.84. The third kappa shape index (κ3) is 4.37. The normalized spacial score (nSPS) is 11.9. The van der Waals surface area contributed by atoms with Crippen LogP contribution in [0.25, 0.3) is 0 Å². The van der Waals surface area contributed by atoms with E-state index in [0.717, 1.165) is 0 Å². The van der Waals surface area contributed by atoms with Crippen LogP contribution in [-0.2, 0) is 10.8 Å². The van der Waals surface area contributed by atoms with Gasteiger partial charge in [0.05, 0.1) is 12.7 Å². The summed E-state index contributed by atoms with van der Waals surface area (Å²) in [6.45, 7) is 0.481. The molecule has 5 nitrogen and oxygen atoms in total. The Morgan fingerprint density at radius 1 is 1.50 bits per heavy atom. The van der Waals surface area contributed by atoms with E-state index in [1.807, 2.05) is 0 Å². The zero-order valence-corrected chi connectivity index (χ0v) is 11.4. The van der Waals surface area contributed by atoms with Gasteiger partial charge in [0.2, 0.25) is 0 Å². The van der Waals surface area contributed by atoms with Gasteiger partial charge in [0.15, 0.2) is 0 Å². The number of hydrogen-bond acceptors (Lipinski definition) is 4. The first-order valence-corrected chi connectivity index (χ1v) is 7.29. The van der Waals surface area contributed by atoms with Crippen molar-refractivity contribution in [2.24, 2.45) is 0 Å². The van der Waals surface area contributed by atoms with Gasteiger partial charge in [-0.15, -0.1) is 0 Å². The van der Waals surface area contributed by atoms with Gasteiger partial charge < -0.3 is 15.8 Å². The largest absolute Gasteiger partial charge is 0.497 e. The van der Waals surface area contributed by atoms with Crippen molar-refractivity contribution >= 4 is 22.4 Å². The summed E-state index contributed by atoms with van der Waals surface area (Å²) >= 11 is 0. The molecule has 18 heavy (non-hydrogen) atoms. The average Bonchev–Trinajstić information content (AvgIpc) is 2.34. The van der Waals surface area contributed by atoms with Crippen molar-refractivity contribution in [3.8, 4) is 5.75 Å². The molecule has 1 atom stereocenters. The molecule has 0 radical (unpaired) electrons. The van der Waals surface area contributed by atoms with E-state index < -0.39 is 10.8 Å². The average molecular weight is 270 g/mol. The highest BCUT2D eigenvalue weighted by atomic mass is 32.2. The summed E-state index contributed by atoms with van der Waals surface area (Å²) in [4.78, 5) is 11.9. The Labute approximate surface area is 109 Å². The van der Waals surface area contributed by atoms with Crippen LogP contribution in [0.3, 0.4) is 0 Å². The minimum atomic E-state index is -0.830. The zero-order chi connectivity index (χ0) is 13.5. The smallest absolute Gasteiger partial charge is 0.253 e. The Morgan fingerprint density at radius 3 is 2.83 bits per heavy atom. The summed E-state index contributed by atoms with van der Waals surface area (Å²) < 4.78 is 15.9. The van der Waals surface area contributed by atoms with E-state index in [-0.39, 0.29) is 5.91 Å². The first-order valence-electron chi connectivity index (χ1n) is 5.56. The van der Waals surface area contributed by atoms with Crippen LogP contribution < -0.4 is 15.8 Å². The lowest BCUT2D eigenvalue weighted by Gasteiger charge is -2.08. The number of amides is 1. The van der Waals surface area contributed by atoms with Gasteiger partial charge in [-0.1, -0.05) is 0 Å². The fourth-order valence-corrected chi connectivity index (χ4v) is 1.98. The van der Waals surface area contributed by atoms with E-state index in [1.165, 1.54) is 7.11 Å². The number of rotatable bonds is 6. The van der Waals surface area contributed by atoms with E-state index in [2.05, 4.69) is 5.32 Å². The molecule has 0 bridgehead atoms. The minimum absolute atomic E-state index is 0.242. The topological polar surface area (TPSA) is 81.4 Å². The van der Waals surface area contributed by atoms with Crippen LogP contribution in [0, 0.1) is 0 Å². The fourth-order valence-electron chi connectivity index (χ4n) is 1.43. The molecular formula is C12H18N2O3S. The maximum atomic E-state index is 11.9. The van der Waals surface area contributed by atoms with Crippen molar-refractivity contribution in [1.82, 2.24) is 5.32 Å². The van der Waals surface area contributed by atoms with Gasteiger partial charge >= 0.3 is 0 Å². The SMILES string of the molecule is COc1ccc(N)c(C(=O)NCCCS(C)=O)c1. The molecule has 6 heteroatoms. The second kappa shape index (κ2) is 7.00. The van der Waals surface area contributed by atoms with Gasteiger partial charge in [-0.3, -0.25) is 9.00 Å². The number of nitrogen functional groups attached to an aromatic ring is 1. The summed E-state index contributed by atoms with van der Waals surface area (Å²) in [5.74, 6) is 0.922. The Hall–Kier alpha value is -1.56. The quantitative estimate of drug-likeness (QED) is 0.591. The van der Waals surface area contributed by atoms with Gasteiger partial charge in [0.25, 0.3) is 5.91 Å². The lowest BCUT2D eigenvalue weighted by molar-refractivity contribution is 0.0954. The molecular weight excluding hydrogens is 252 g/mol. The molecule has 0 heterocycles. The Balaban J connectivity index is 2.58. The van der Waals surface area contributed by atoms with Crippen molar-refractivity contribution in [1.29, 1.82) is 0 Å². The molecule has 0 aromatic heterocycles. The number of nitrogens with two attached hydrogens (primary N) is 1. The molecule has 1 aromatic carbocycles. The van der Waals surface area contributed by atoms with Crippen LogP contribution in [-0.4, -0.2) is 35.8 Å². The number of anilines is 1. The third-order valence-electron chi connectivity index (χ3n) is 2.40. The predicted octanol–water partition coefficient (Wildman–Crippen LogP) is 0.776. The zero-order valence-electron chi connectivity index (χ0n) is 10.6. The van der Waals surface area contributed by atoms with E-state index in [9.17, 15) is 9.00 Å². The van der Waals surface area contributed by atoms with Crippen LogP contribution in [0.5, 0.6) is 5.75 Å². The second-order valence-corrected chi connectivity index (χ2v) is 5.39. The van der Waals surface area contributed by atoms with E-state index in [0.29, 0.717) is 35.7 Å². The lowest BCUT2D eigenvalue weighted by atomic mass is 10.1. The predicted molar refractivity (Wildman–Crippen MR) is 73.3 cm³/mol. The third-order valence-corrected chi connectivity index (χ3v) is 3.26. The van der Waals surface area contributed by atoms with Crippen LogP contribution >= 0.6 is 0 Å². The van der Waals surface area contributed by atoms with Gasteiger partial charge in [-0.05, 0) is 24.6 Å². The maximum Gasteiger partial charge on any atom is 0.253 e. The molecule has 0 aliphatic carbocycles. The molecule has 0 spiro atoms. The second-order valence-electron chi connectivity index (χ2n) is 3.84. The van der Waals surface area contributed by atoms with E-state index in [1.54, 1.807) is 24.5 Å². The summed E-state index contributed by atoms with van der Waals surface area (Å²) in [5.41, 5.74) is 6.54. The Kier molecular flexibility index (Phi) is 5.64. The van der Waals surface area contributed by atoms with Gasteiger partial charge in [0.1, 0.15) is 5.75 Å². The highest BCUT2D eigenvalue weighted by Crippen LogP contribution is 2.19. The molecule has 1 unspecified atom stereocenters. The van der Waals surface area contributed by atoms with Crippen LogP contribution in [0.2, 0.25) is 0 Å². The van der Waals surface area contributed by atoms with Crippen molar-refractivity contribution in [3.05, 3.63) is 23.8 Å². The van der Waals surface area contributed by atoms with Crippen molar-refractivity contribution in [2.75, 3.05) is 31.4 Å². The van der Waals surface area contributed by atoms with Crippen molar-refractivity contribution in [2.45, 2.75) is 6.42 Å². The molecule has 100 valence electrons. The summed E-state index contributed by atoms with van der Waals surface area (Å²) in [5, 5.41) is 2.74. The molecule has 1 amide bonds. The van der Waals surface area contributed by atoms with Crippen LogP contribution in [0.15, 0.2) is 18.2 Å². The monoisotopic (exact) mass is 270 g/mol. The number of hydrogen-bond donors (Lipinski definition) is 2. The maximum absolute atomic E-state index is 11.9. The summed E-state index contributed by atoms with van der Waals surface area (Å²) in [6, 6.07) is 4.93. The van der Waals surface area contributed by atoms with Gasteiger partial charge in [-0.25, -0.2) is 0 Å². The van der Waals surface area contributed by atoms with Crippen LogP contribution in [0.4, 0.5) is 5.69 Å². The van der Waals surface area contributed by atoms with Gasteiger partial charge in [0, 0.05) is 35.0 Å². The number of nitrogens with one attached hydrogen (secondary N) is 1. The Morgan fingerprint density at radius 2 is 2.22 bits per heavy atom. The van der Waals surface area contributed by atoms with Crippen molar-refractivity contribution < 1.29 is 13.7 Å². The summed E-state index contributed by atoms with van der Waals surface area (Å²) in [6.07, 6.45) is 2.32. The fraction of sp³-hybridized carbons (Fsp3) is 0.417. The van der Waals surface area contributed by atoms with Crippen LogP contribution in [0.1, 0.15) is 16.8 Å². The molecule has 0 saturated heterocycles. The Bertz CT molecular complexity index is 449. The number of ether oxygens (including phenoxy) is 1. The van der Waals surface area contributed by atoms with E-state index >= 15 is 0 Å².